The van der Waals surface area contributed by atoms with Crippen molar-refractivity contribution in [3.8, 4) is 0 Å². The summed E-state index contributed by atoms with van der Waals surface area (Å²) in [6, 6.07) is 5.39. The molecule has 1 nitrogen and oxygen atoms in total. The molecule has 5 atom stereocenters. The lowest BCUT2D eigenvalue weighted by atomic mass is 9.55. The number of benzene rings is 1. The zero-order chi connectivity index (χ0) is 13.9. The average molecular weight is 274 g/mol. The van der Waals surface area contributed by atoms with E-state index in [-0.39, 0.29) is 17.3 Å². The van der Waals surface area contributed by atoms with Crippen LogP contribution in [0, 0.1) is 23.1 Å². The van der Waals surface area contributed by atoms with Gasteiger partial charge in [-0.15, -0.1) is 0 Å². The fourth-order valence-electron chi connectivity index (χ4n) is 5.52. The van der Waals surface area contributed by atoms with E-state index in [9.17, 15) is 9.50 Å². The first kappa shape index (κ1) is 12.8. The van der Waals surface area contributed by atoms with Crippen LogP contribution in [0.4, 0.5) is 4.39 Å². The molecule has 3 aliphatic carbocycles. The maximum atomic E-state index is 13.4. The summed E-state index contributed by atoms with van der Waals surface area (Å²) in [5, 5.41) is 10.4. The fourth-order valence-corrected chi connectivity index (χ4v) is 5.52. The molecule has 3 aliphatic rings. The van der Waals surface area contributed by atoms with Crippen LogP contribution in [0.25, 0.3) is 0 Å². The minimum Gasteiger partial charge on any atom is -0.393 e. The predicted octanol–water partition coefficient (Wildman–Crippen LogP) is 4.04. The van der Waals surface area contributed by atoms with Crippen molar-refractivity contribution < 1.29 is 9.50 Å². The van der Waals surface area contributed by atoms with E-state index in [2.05, 4.69) is 6.92 Å². The molecule has 1 N–H and O–H groups in total. The third-order valence-corrected chi connectivity index (χ3v) is 6.64. The number of rotatable bonds is 0. The number of hydrogen-bond acceptors (Lipinski definition) is 1. The lowest BCUT2D eigenvalue weighted by Gasteiger charge is -2.50. The van der Waals surface area contributed by atoms with Crippen molar-refractivity contribution in [2.24, 2.45) is 17.3 Å². The van der Waals surface area contributed by atoms with E-state index in [4.69, 9.17) is 0 Å². The Morgan fingerprint density at radius 3 is 2.90 bits per heavy atom. The normalized spacial score (nSPS) is 42.8. The van der Waals surface area contributed by atoms with Gasteiger partial charge >= 0.3 is 0 Å². The molecule has 0 aliphatic heterocycles. The van der Waals surface area contributed by atoms with Crippen LogP contribution >= 0.6 is 0 Å². The first-order valence-corrected chi connectivity index (χ1v) is 8.06. The van der Waals surface area contributed by atoms with Gasteiger partial charge in [-0.05, 0) is 85.0 Å². The van der Waals surface area contributed by atoms with Crippen LogP contribution < -0.4 is 0 Å². The molecule has 0 amide bonds. The monoisotopic (exact) mass is 274 g/mol. The molecule has 4 rings (SSSR count). The van der Waals surface area contributed by atoms with E-state index >= 15 is 0 Å². The topological polar surface area (TPSA) is 20.2 Å². The largest absolute Gasteiger partial charge is 0.393 e. The standard InChI is InChI=1S/C18H23FO/c1-18-9-8-14-13-5-3-12(19)10-11(13)2-4-15(14)16(18)6-7-17(18)20/h3,5,10,14-17,20H,2,4,6-9H2,1H3/t14?,15-,16+,17+,18+/m1/s1. The molecule has 0 spiro atoms. The van der Waals surface area contributed by atoms with Gasteiger partial charge in [0.05, 0.1) is 6.10 Å². The van der Waals surface area contributed by atoms with Gasteiger partial charge in [-0.2, -0.15) is 0 Å². The highest BCUT2D eigenvalue weighted by atomic mass is 19.1. The SMILES string of the molecule is C[C@]12CCC3c4ccc(F)cc4CC[C@H]3[C@@H]1CC[C@@H]2O. The second-order valence-electron chi connectivity index (χ2n) is 7.40. The number of hydrogen-bond donors (Lipinski definition) is 1. The van der Waals surface area contributed by atoms with Gasteiger partial charge in [-0.3, -0.25) is 0 Å². The first-order valence-electron chi connectivity index (χ1n) is 8.06. The maximum Gasteiger partial charge on any atom is 0.123 e. The number of aliphatic hydroxyl groups excluding tert-OH is 1. The number of aliphatic hydroxyl groups is 1. The van der Waals surface area contributed by atoms with Gasteiger partial charge in [0.1, 0.15) is 5.82 Å². The Balaban J connectivity index is 1.71. The second kappa shape index (κ2) is 4.30. The Morgan fingerprint density at radius 1 is 1.20 bits per heavy atom. The highest BCUT2D eigenvalue weighted by molar-refractivity contribution is 5.35. The summed E-state index contributed by atoms with van der Waals surface area (Å²) in [6.45, 7) is 2.30. The lowest BCUT2D eigenvalue weighted by Crippen LogP contribution is -2.43. The maximum absolute atomic E-state index is 13.4. The van der Waals surface area contributed by atoms with Crippen molar-refractivity contribution in [2.45, 2.75) is 57.5 Å². The minimum absolute atomic E-state index is 0.0980. The van der Waals surface area contributed by atoms with Crippen molar-refractivity contribution >= 4 is 0 Å². The molecule has 20 heavy (non-hydrogen) atoms. The van der Waals surface area contributed by atoms with Gasteiger partial charge in [-0.1, -0.05) is 13.0 Å². The summed E-state index contributed by atoms with van der Waals surface area (Å²) in [7, 11) is 0. The van der Waals surface area contributed by atoms with Gasteiger partial charge in [0.2, 0.25) is 0 Å². The van der Waals surface area contributed by atoms with Gasteiger partial charge in [-0.25, -0.2) is 4.39 Å². The third kappa shape index (κ3) is 1.64. The van der Waals surface area contributed by atoms with Crippen LogP contribution in [0.1, 0.15) is 56.1 Å². The molecule has 1 aromatic carbocycles. The molecular formula is C18H23FO. The highest BCUT2D eigenvalue weighted by Crippen LogP contribution is 2.60. The van der Waals surface area contributed by atoms with Crippen molar-refractivity contribution in [1.82, 2.24) is 0 Å². The summed E-state index contributed by atoms with van der Waals surface area (Å²) in [6.07, 6.45) is 6.51. The van der Waals surface area contributed by atoms with Gasteiger partial charge in [0.15, 0.2) is 0 Å². The molecule has 0 heterocycles. The van der Waals surface area contributed by atoms with Crippen molar-refractivity contribution in [3.63, 3.8) is 0 Å². The minimum atomic E-state index is -0.108. The Morgan fingerprint density at radius 2 is 2.05 bits per heavy atom. The predicted molar refractivity (Wildman–Crippen MR) is 77.0 cm³/mol. The molecular weight excluding hydrogens is 251 g/mol. The van der Waals surface area contributed by atoms with Crippen LogP contribution in [0.2, 0.25) is 0 Å². The lowest BCUT2D eigenvalue weighted by molar-refractivity contribution is -0.0226. The summed E-state index contributed by atoms with van der Waals surface area (Å²) in [5.74, 6) is 1.86. The quantitative estimate of drug-likeness (QED) is 0.757. The summed E-state index contributed by atoms with van der Waals surface area (Å²) < 4.78 is 13.4. The summed E-state index contributed by atoms with van der Waals surface area (Å²) in [5.41, 5.74) is 2.76. The molecule has 1 unspecified atom stereocenters. The van der Waals surface area contributed by atoms with Crippen molar-refractivity contribution in [3.05, 3.63) is 35.1 Å². The number of fused-ring (bicyclic) bond motifs is 5. The molecule has 2 saturated carbocycles. The van der Waals surface area contributed by atoms with Crippen LogP contribution in [-0.4, -0.2) is 11.2 Å². The molecule has 0 radical (unpaired) electrons. The summed E-state index contributed by atoms with van der Waals surface area (Å²) in [4.78, 5) is 0. The van der Waals surface area contributed by atoms with Crippen LogP contribution in [0.15, 0.2) is 18.2 Å². The molecule has 1 aromatic rings. The summed E-state index contributed by atoms with van der Waals surface area (Å²) >= 11 is 0. The van der Waals surface area contributed by atoms with E-state index in [1.807, 2.05) is 6.07 Å². The van der Waals surface area contributed by atoms with Gasteiger partial charge in [0.25, 0.3) is 0 Å². The fraction of sp³-hybridized carbons (Fsp3) is 0.667. The van der Waals surface area contributed by atoms with Crippen LogP contribution in [0.3, 0.4) is 0 Å². The van der Waals surface area contributed by atoms with Crippen molar-refractivity contribution in [1.29, 1.82) is 0 Å². The zero-order valence-electron chi connectivity index (χ0n) is 12.1. The van der Waals surface area contributed by atoms with E-state index in [0.717, 1.165) is 25.7 Å². The number of aryl methyl sites for hydroxylation is 1. The average Bonchev–Trinajstić information content (AvgIpc) is 2.74. The Kier molecular flexibility index (Phi) is 2.76. The molecule has 0 aromatic heterocycles. The van der Waals surface area contributed by atoms with E-state index in [0.29, 0.717) is 17.8 Å². The third-order valence-electron chi connectivity index (χ3n) is 6.64. The van der Waals surface area contributed by atoms with E-state index in [1.54, 1.807) is 12.1 Å². The van der Waals surface area contributed by atoms with Crippen LogP contribution in [-0.2, 0) is 6.42 Å². The van der Waals surface area contributed by atoms with Crippen molar-refractivity contribution in [2.75, 3.05) is 0 Å². The Hall–Kier alpha value is -0.890. The van der Waals surface area contributed by atoms with Crippen LogP contribution in [0.5, 0.6) is 0 Å². The first-order chi connectivity index (χ1) is 9.59. The number of halogens is 1. The second-order valence-corrected chi connectivity index (χ2v) is 7.40. The molecule has 2 fully saturated rings. The molecule has 0 bridgehead atoms. The van der Waals surface area contributed by atoms with Gasteiger partial charge in [0, 0.05) is 0 Å². The van der Waals surface area contributed by atoms with E-state index < -0.39 is 0 Å². The Labute approximate surface area is 120 Å². The molecule has 0 saturated heterocycles. The Bertz CT molecular complexity index is 540. The van der Waals surface area contributed by atoms with E-state index in [1.165, 1.54) is 24.0 Å². The molecule has 108 valence electrons. The highest BCUT2D eigenvalue weighted by Gasteiger charge is 2.54. The zero-order valence-corrected chi connectivity index (χ0v) is 12.1. The smallest absolute Gasteiger partial charge is 0.123 e. The van der Waals surface area contributed by atoms with Gasteiger partial charge < -0.3 is 5.11 Å². The molecule has 2 heteroatoms.